The summed E-state index contributed by atoms with van der Waals surface area (Å²) in [7, 11) is 0. The Kier molecular flexibility index (Phi) is 4.49. The molecule has 0 aromatic heterocycles. The molecule has 0 spiro atoms. The van der Waals surface area contributed by atoms with E-state index in [1.54, 1.807) is 0 Å². The minimum Gasteiger partial charge on any atom is -0.396 e. The number of urea groups is 1. The van der Waals surface area contributed by atoms with Gasteiger partial charge in [-0.2, -0.15) is 0 Å². The molecule has 4 heteroatoms. The molecule has 1 saturated heterocycles. The summed E-state index contributed by atoms with van der Waals surface area (Å²) >= 11 is 0. The summed E-state index contributed by atoms with van der Waals surface area (Å²) in [5, 5.41) is 12.5. The molecule has 104 valence electrons. The van der Waals surface area contributed by atoms with E-state index in [-0.39, 0.29) is 18.1 Å². The van der Waals surface area contributed by atoms with Gasteiger partial charge in [0.15, 0.2) is 0 Å². The molecule has 1 heterocycles. The number of hydrogen-bond acceptors (Lipinski definition) is 2. The average molecular weight is 254 g/mol. The Morgan fingerprint density at radius 2 is 2.06 bits per heavy atom. The molecule has 0 unspecified atom stereocenters. The van der Waals surface area contributed by atoms with Crippen molar-refractivity contribution in [3.05, 3.63) is 0 Å². The molecule has 1 aliphatic heterocycles. The van der Waals surface area contributed by atoms with E-state index in [0.29, 0.717) is 0 Å². The van der Waals surface area contributed by atoms with Gasteiger partial charge in [0.05, 0.1) is 0 Å². The van der Waals surface area contributed by atoms with Gasteiger partial charge in [0.1, 0.15) is 0 Å². The number of piperidine rings is 1. The number of carbonyl (C=O) groups is 1. The lowest BCUT2D eigenvalue weighted by Crippen LogP contribution is -2.48. The Morgan fingerprint density at radius 3 is 2.56 bits per heavy atom. The number of likely N-dealkylation sites (tertiary alicyclic amines) is 1. The van der Waals surface area contributed by atoms with Crippen LogP contribution in [-0.4, -0.2) is 42.3 Å². The summed E-state index contributed by atoms with van der Waals surface area (Å²) in [6.07, 6.45) is 6.67. The maximum absolute atomic E-state index is 11.9. The number of aliphatic hydroxyl groups excluding tert-OH is 1. The lowest BCUT2D eigenvalue weighted by Gasteiger charge is -2.40. The van der Waals surface area contributed by atoms with E-state index in [0.717, 1.165) is 51.2 Å². The second-order valence-corrected chi connectivity index (χ2v) is 5.96. The van der Waals surface area contributed by atoms with Crippen LogP contribution in [0.5, 0.6) is 0 Å². The summed E-state index contributed by atoms with van der Waals surface area (Å²) in [5.41, 5.74) is 0.0603. The van der Waals surface area contributed by atoms with Crippen LogP contribution in [0.2, 0.25) is 0 Å². The smallest absolute Gasteiger partial charge is 0.317 e. The van der Waals surface area contributed by atoms with Crippen LogP contribution in [0.1, 0.15) is 45.4 Å². The molecule has 1 aliphatic carbocycles. The molecule has 0 aromatic rings. The van der Waals surface area contributed by atoms with Gasteiger partial charge >= 0.3 is 6.03 Å². The van der Waals surface area contributed by atoms with E-state index in [1.165, 1.54) is 12.8 Å². The fourth-order valence-electron chi connectivity index (χ4n) is 2.71. The van der Waals surface area contributed by atoms with Crippen LogP contribution in [-0.2, 0) is 0 Å². The van der Waals surface area contributed by atoms with Gasteiger partial charge in [-0.05, 0) is 37.0 Å². The summed E-state index contributed by atoms with van der Waals surface area (Å²) in [6, 6.07) is 0.0818. The minimum absolute atomic E-state index is 0.0603. The summed E-state index contributed by atoms with van der Waals surface area (Å²) < 4.78 is 0. The third-order valence-electron chi connectivity index (χ3n) is 4.72. The number of rotatable bonds is 5. The van der Waals surface area contributed by atoms with Gasteiger partial charge in [0.2, 0.25) is 0 Å². The van der Waals surface area contributed by atoms with E-state index in [9.17, 15) is 9.90 Å². The van der Waals surface area contributed by atoms with Crippen molar-refractivity contribution in [2.75, 3.05) is 26.2 Å². The van der Waals surface area contributed by atoms with E-state index >= 15 is 0 Å². The van der Waals surface area contributed by atoms with E-state index in [1.807, 2.05) is 4.90 Å². The van der Waals surface area contributed by atoms with Crippen LogP contribution < -0.4 is 5.32 Å². The predicted molar refractivity (Wildman–Crippen MR) is 71.4 cm³/mol. The van der Waals surface area contributed by atoms with E-state index in [2.05, 4.69) is 12.2 Å². The highest BCUT2D eigenvalue weighted by Crippen LogP contribution is 2.34. The highest BCUT2D eigenvalue weighted by molar-refractivity contribution is 5.74. The zero-order valence-corrected chi connectivity index (χ0v) is 11.5. The number of carbonyl (C=O) groups excluding carboxylic acids is 1. The third-order valence-corrected chi connectivity index (χ3v) is 4.72. The van der Waals surface area contributed by atoms with Gasteiger partial charge in [-0.1, -0.05) is 19.8 Å². The number of nitrogens with one attached hydrogen (secondary N) is 1. The Morgan fingerprint density at radius 1 is 1.39 bits per heavy atom. The number of amides is 2. The van der Waals surface area contributed by atoms with Crippen molar-refractivity contribution in [2.24, 2.45) is 11.3 Å². The lowest BCUT2D eigenvalue weighted by atomic mass is 9.77. The maximum atomic E-state index is 11.9. The van der Waals surface area contributed by atoms with Gasteiger partial charge in [-0.15, -0.1) is 0 Å². The molecule has 0 radical (unpaired) electrons. The summed E-state index contributed by atoms with van der Waals surface area (Å²) in [5.74, 6) is 0.869. The Labute approximate surface area is 110 Å². The Hall–Kier alpha value is -0.770. The van der Waals surface area contributed by atoms with E-state index < -0.39 is 0 Å². The van der Waals surface area contributed by atoms with Crippen molar-refractivity contribution in [2.45, 2.75) is 45.4 Å². The topological polar surface area (TPSA) is 52.6 Å². The molecule has 2 aliphatic rings. The first-order valence-corrected chi connectivity index (χ1v) is 7.33. The highest BCUT2D eigenvalue weighted by atomic mass is 16.3. The predicted octanol–water partition coefficient (Wildman–Crippen LogP) is 1.98. The van der Waals surface area contributed by atoms with Crippen molar-refractivity contribution < 1.29 is 9.90 Å². The fourth-order valence-corrected chi connectivity index (χ4v) is 2.71. The largest absolute Gasteiger partial charge is 0.396 e. The molecule has 0 aromatic carbocycles. The van der Waals surface area contributed by atoms with E-state index in [4.69, 9.17) is 0 Å². The summed E-state index contributed by atoms with van der Waals surface area (Å²) in [4.78, 5) is 13.8. The third kappa shape index (κ3) is 3.37. The van der Waals surface area contributed by atoms with Crippen molar-refractivity contribution in [3.8, 4) is 0 Å². The first-order chi connectivity index (χ1) is 8.69. The second kappa shape index (κ2) is 5.91. The van der Waals surface area contributed by atoms with Crippen LogP contribution in [0.4, 0.5) is 4.79 Å². The first-order valence-electron chi connectivity index (χ1n) is 7.33. The molecule has 18 heavy (non-hydrogen) atoms. The van der Waals surface area contributed by atoms with Crippen molar-refractivity contribution in [3.63, 3.8) is 0 Å². The van der Waals surface area contributed by atoms with Crippen molar-refractivity contribution in [1.82, 2.24) is 10.2 Å². The van der Waals surface area contributed by atoms with Crippen LogP contribution >= 0.6 is 0 Å². The van der Waals surface area contributed by atoms with Crippen molar-refractivity contribution in [1.29, 1.82) is 0 Å². The number of aliphatic hydroxyl groups is 1. The highest BCUT2D eigenvalue weighted by Gasteiger charge is 2.33. The van der Waals surface area contributed by atoms with Gasteiger partial charge in [-0.25, -0.2) is 4.79 Å². The van der Waals surface area contributed by atoms with Gasteiger partial charge in [-0.3, -0.25) is 0 Å². The van der Waals surface area contributed by atoms with Gasteiger partial charge in [0.25, 0.3) is 0 Å². The molecule has 2 fully saturated rings. The quantitative estimate of drug-likeness (QED) is 0.788. The average Bonchev–Trinajstić information content (AvgIpc) is 3.23. The standard InChI is InChI=1S/C14H26N2O2/c1-2-14(11-17)6-9-16(10-7-14)13(18)15-8-5-12-3-4-12/h12,17H,2-11H2,1H3,(H,15,18). The Balaban J connectivity index is 1.69. The normalized spacial score (nSPS) is 22.9. The number of nitrogens with zero attached hydrogens (tertiary/aromatic N) is 1. The van der Waals surface area contributed by atoms with Crippen LogP contribution in [0, 0.1) is 11.3 Å². The molecule has 4 nitrogen and oxygen atoms in total. The molecule has 0 atom stereocenters. The SMILES string of the molecule is CCC1(CO)CCN(C(=O)NCCC2CC2)CC1. The zero-order valence-electron chi connectivity index (χ0n) is 11.5. The van der Waals surface area contributed by atoms with Crippen molar-refractivity contribution >= 4 is 6.03 Å². The molecule has 0 bridgehead atoms. The van der Waals surface area contributed by atoms with Gasteiger partial charge in [0, 0.05) is 26.2 Å². The zero-order chi connectivity index (χ0) is 13.0. The Bertz CT molecular complexity index is 276. The maximum Gasteiger partial charge on any atom is 0.317 e. The molecule has 1 saturated carbocycles. The minimum atomic E-state index is 0.0603. The van der Waals surface area contributed by atoms with Gasteiger partial charge < -0.3 is 15.3 Å². The molecule has 2 rings (SSSR count). The second-order valence-electron chi connectivity index (χ2n) is 5.96. The monoisotopic (exact) mass is 254 g/mol. The van der Waals surface area contributed by atoms with Crippen LogP contribution in [0.15, 0.2) is 0 Å². The molecule has 2 amide bonds. The molecular weight excluding hydrogens is 228 g/mol. The molecule has 2 N–H and O–H groups in total. The van der Waals surface area contributed by atoms with Crippen LogP contribution in [0.25, 0.3) is 0 Å². The molecular formula is C14H26N2O2. The first kappa shape index (κ1) is 13.7. The number of hydrogen-bond donors (Lipinski definition) is 2. The lowest BCUT2D eigenvalue weighted by molar-refractivity contribution is 0.0520. The fraction of sp³-hybridized carbons (Fsp3) is 0.929. The summed E-state index contributed by atoms with van der Waals surface area (Å²) in [6.45, 7) is 4.76. The van der Waals surface area contributed by atoms with Crippen LogP contribution in [0.3, 0.4) is 0 Å².